The van der Waals surface area contributed by atoms with E-state index in [0.29, 0.717) is 12.0 Å². The van der Waals surface area contributed by atoms with Crippen LogP contribution < -0.4 is 0 Å². The SMILES string of the molecule is C=CCC1O[C@@H](C(/C=C/I)O[Si](C)(C)C(C)(C)C)C(O[Si](C)(C)C(C)(C)C)C(O[Si](C)(C)C(C)(C)C)[C@H]1OC(=O)c1ccccc1. The number of esters is 1. The number of hydrogen-bond acceptors (Lipinski definition) is 6. The molecule has 0 amide bonds. The number of benzene rings is 1. The first kappa shape index (κ1) is 41.6. The summed E-state index contributed by atoms with van der Waals surface area (Å²) in [6, 6.07) is 9.13. The van der Waals surface area contributed by atoms with Crippen molar-refractivity contribution in [3.8, 4) is 0 Å². The van der Waals surface area contributed by atoms with Gasteiger partial charge in [-0.2, -0.15) is 0 Å². The van der Waals surface area contributed by atoms with Crippen molar-refractivity contribution in [2.24, 2.45) is 0 Å². The number of halogens is 1. The lowest BCUT2D eigenvalue weighted by atomic mass is 9.90. The van der Waals surface area contributed by atoms with Gasteiger partial charge >= 0.3 is 5.97 Å². The third-order valence-electron chi connectivity index (χ3n) is 10.6. The molecule has 0 saturated carbocycles. The summed E-state index contributed by atoms with van der Waals surface area (Å²) in [6.07, 6.45) is 1.16. The molecule has 1 heterocycles. The molecule has 46 heavy (non-hydrogen) atoms. The Morgan fingerprint density at radius 2 is 1.30 bits per heavy atom. The van der Waals surface area contributed by atoms with Crippen molar-refractivity contribution >= 4 is 53.5 Å². The molecule has 1 aliphatic heterocycles. The van der Waals surface area contributed by atoms with Gasteiger partial charge in [0.2, 0.25) is 0 Å². The molecule has 0 N–H and O–H groups in total. The minimum absolute atomic E-state index is 0.0138. The van der Waals surface area contributed by atoms with E-state index in [9.17, 15) is 4.79 Å². The molecule has 1 saturated heterocycles. The van der Waals surface area contributed by atoms with Crippen LogP contribution in [0.3, 0.4) is 0 Å². The van der Waals surface area contributed by atoms with Gasteiger partial charge in [-0.3, -0.25) is 0 Å². The van der Waals surface area contributed by atoms with Crippen molar-refractivity contribution in [3.63, 3.8) is 0 Å². The van der Waals surface area contributed by atoms with E-state index < -0.39 is 67.5 Å². The number of ether oxygens (including phenoxy) is 2. The zero-order valence-electron chi connectivity index (χ0n) is 31.3. The fourth-order valence-corrected chi connectivity index (χ4v) is 8.84. The molecular formula is C36H63IO6Si3. The summed E-state index contributed by atoms with van der Waals surface area (Å²) in [5, 5.41) is -0.189. The van der Waals surface area contributed by atoms with Crippen LogP contribution in [0.5, 0.6) is 0 Å². The molecule has 1 aromatic carbocycles. The van der Waals surface area contributed by atoms with Gasteiger partial charge in [-0.15, -0.1) is 6.58 Å². The Morgan fingerprint density at radius 3 is 1.74 bits per heavy atom. The summed E-state index contributed by atoms with van der Waals surface area (Å²) in [7, 11) is -7.10. The molecule has 0 aliphatic carbocycles. The number of carbonyl (C=O) groups is 1. The van der Waals surface area contributed by atoms with E-state index in [0.717, 1.165) is 0 Å². The Hall–Kier alpha value is -0.609. The summed E-state index contributed by atoms with van der Waals surface area (Å²) in [5.74, 6) is -0.405. The Labute approximate surface area is 297 Å². The first-order valence-corrected chi connectivity index (χ1v) is 26.6. The Bertz CT molecular complexity index is 1180. The smallest absolute Gasteiger partial charge is 0.338 e. The highest BCUT2D eigenvalue weighted by molar-refractivity contribution is 14.1. The van der Waals surface area contributed by atoms with Crippen LogP contribution in [0.15, 0.2) is 53.1 Å². The van der Waals surface area contributed by atoms with Crippen LogP contribution in [-0.4, -0.2) is 67.5 Å². The maximum Gasteiger partial charge on any atom is 0.338 e. The minimum atomic E-state index is -2.43. The highest BCUT2D eigenvalue weighted by atomic mass is 127. The number of carbonyl (C=O) groups excluding carboxylic acids is 1. The lowest BCUT2D eigenvalue weighted by Gasteiger charge is -2.54. The van der Waals surface area contributed by atoms with E-state index in [1.165, 1.54) is 0 Å². The van der Waals surface area contributed by atoms with Gasteiger partial charge in [0.25, 0.3) is 0 Å². The Morgan fingerprint density at radius 1 is 0.826 bits per heavy atom. The van der Waals surface area contributed by atoms with Crippen LogP contribution in [0.2, 0.25) is 54.4 Å². The molecule has 2 rings (SSSR count). The fourth-order valence-electron chi connectivity index (χ4n) is 4.58. The largest absolute Gasteiger partial charge is 0.453 e. The summed E-state index contributed by atoms with van der Waals surface area (Å²) in [4.78, 5) is 13.7. The Balaban J connectivity index is 2.88. The zero-order chi connectivity index (χ0) is 35.5. The van der Waals surface area contributed by atoms with Crippen LogP contribution >= 0.6 is 22.6 Å². The Kier molecular flexibility index (Phi) is 14.0. The van der Waals surface area contributed by atoms with Crippen molar-refractivity contribution in [2.45, 2.75) is 160 Å². The van der Waals surface area contributed by atoms with E-state index >= 15 is 0 Å². The third kappa shape index (κ3) is 10.2. The molecular weight excluding hydrogens is 740 g/mol. The van der Waals surface area contributed by atoms with Crippen molar-refractivity contribution in [1.29, 1.82) is 0 Å². The molecule has 0 bridgehead atoms. The average Bonchev–Trinajstić information content (AvgIpc) is 2.89. The molecule has 1 aromatic rings. The summed E-state index contributed by atoms with van der Waals surface area (Å²) in [6.45, 7) is 37.7. The predicted molar refractivity (Wildman–Crippen MR) is 208 cm³/mol. The molecule has 0 aromatic heterocycles. The second kappa shape index (κ2) is 15.5. The van der Waals surface area contributed by atoms with Gasteiger partial charge in [-0.05, 0) is 83.1 Å². The van der Waals surface area contributed by atoms with E-state index in [2.05, 4.69) is 137 Å². The lowest BCUT2D eigenvalue weighted by Crippen LogP contribution is -2.68. The normalized spacial score (nSPS) is 24.6. The zero-order valence-corrected chi connectivity index (χ0v) is 36.5. The third-order valence-corrected chi connectivity index (χ3v) is 24.5. The maximum atomic E-state index is 13.7. The molecule has 4 unspecified atom stereocenters. The highest BCUT2D eigenvalue weighted by Gasteiger charge is 2.57. The van der Waals surface area contributed by atoms with Crippen molar-refractivity contribution < 1.29 is 27.5 Å². The first-order valence-electron chi connectivity index (χ1n) is 16.6. The molecule has 10 heteroatoms. The maximum absolute atomic E-state index is 13.7. The first-order chi connectivity index (χ1) is 20.8. The van der Waals surface area contributed by atoms with Gasteiger partial charge in [0.05, 0.1) is 11.7 Å². The van der Waals surface area contributed by atoms with Crippen molar-refractivity contribution in [3.05, 3.63) is 58.7 Å². The minimum Gasteiger partial charge on any atom is -0.453 e. The van der Waals surface area contributed by atoms with Crippen LogP contribution in [0.1, 0.15) is 79.1 Å². The predicted octanol–water partition coefficient (Wildman–Crippen LogP) is 10.7. The van der Waals surface area contributed by atoms with Gasteiger partial charge in [0.1, 0.15) is 24.4 Å². The lowest BCUT2D eigenvalue weighted by molar-refractivity contribution is -0.227. The standard InChI is InChI=1S/C36H63IO6Si3/c1-17-21-27-29(40-33(38)26-22-19-18-20-23-26)31(42-45(13,14)35(5,6)7)32(43-46(15,16)36(8,9)10)30(39-27)28(24-25-37)41-44(11,12)34(2,3)4/h17-20,22-25,27-32H,1,21H2,2-16H3/b25-24+/t27?,28?,29-,30-,31?,32?/m0/s1. The molecule has 1 aliphatic rings. The summed E-state index contributed by atoms with van der Waals surface area (Å²) < 4.78 is 37.5. The fraction of sp³-hybridized carbons (Fsp3) is 0.694. The molecule has 0 spiro atoms. The van der Waals surface area contributed by atoms with E-state index in [4.69, 9.17) is 22.8 Å². The molecule has 262 valence electrons. The van der Waals surface area contributed by atoms with Crippen LogP contribution in [0.25, 0.3) is 0 Å². The summed E-state index contributed by atoms with van der Waals surface area (Å²) >= 11 is 2.26. The van der Waals surface area contributed by atoms with Gasteiger partial charge in [-0.25, -0.2) is 4.79 Å². The van der Waals surface area contributed by atoms with E-state index in [1.807, 2.05) is 28.4 Å². The average molecular weight is 803 g/mol. The van der Waals surface area contributed by atoms with Gasteiger partial charge < -0.3 is 22.8 Å². The molecule has 0 radical (unpaired) electrons. The van der Waals surface area contributed by atoms with E-state index in [1.54, 1.807) is 12.1 Å². The van der Waals surface area contributed by atoms with Crippen LogP contribution in [0.4, 0.5) is 0 Å². The van der Waals surface area contributed by atoms with Crippen molar-refractivity contribution in [1.82, 2.24) is 0 Å². The molecule has 1 fully saturated rings. The van der Waals surface area contributed by atoms with Gasteiger partial charge in [0.15, 0.2) is 31.1 Å². The number of hydrogen-bond donors (Lipinski definition) is 0. The van der Waals surface area contributed by atoms with Crippen LogP contribution in [0, 0.1) is 0 Å². The topological polar surface area (TPSA) is 63.2 Å². The summed E-state index contributed by atoms with van der Waals surface area (Å²) in [5.41, 5.74) is 0.488. The van der Waals surface area contributed by atoms with Crippen molar-refractivity contribution in [2.75, 3.05) is 0 Å². The molecule has 6 atom stereocenters. The quantitative estimate of drug-likeness (QED) is 0.0908. The van der Waals surface area contributed by atoms with Gasteiger partial charge in [0, 0.05) is 0 Å². The highest BCUT2D eigenvalue weighted by Crippen LogP contribution is 2.46. The molecule has 6 nitrogen and oxygen atoms in total. The van der Waals surface area contributed by atoms with E-state index in [-0.39, 0.29) is 15.1 Å². The number of rotatable bonds is 12. The second-order valence-corrected chi connectivity index (χ2v) is 32.2. The monoisotopic (exact) mass is 802 g/mol. The van der Waals surface area contributed by atoms with Gasteiger partial charge in [-0.1, -0.05) is 109 Å². The second-order valence-electron chi connectivity index (χ2n) is 17.2. The van der Waals surface area contributed by atoms with Crippen LogP contribution in [-0.2, 0) is 22.8 Å².